The summed E-state index contributed by atoms with van der Waals surface area (Å²) < 4.78 is 11.5. The van der Waals surface area contributed by atoms with Crippen molar-refractivity contribution in [3.63, 3.8) is 0 Å². The van der Waals surface area contributed by atoms with E-state index < -0.39 is 5.41 Å². The number of carbonyl (C=O) groups excluding carboxylic acids is 1. The first-order chi connectivity index (χ1) is 15.1. The minimum atomic E-state index is -0.452. The van der Waals surface area contributed by atoms with Gasteiger partial charge < -0.3 is 14.6 Å². The van der Waals surface area contributed by atoms with Gasteiger partial charge >= 0.3 is 5.97 Å². The lowest BCUT2D eigenvalue weighted by atomic mass is 9.91. The average molecular weight is 441 g/mol. The molecule has 0 amide bonds. The Hall–Kier alpha value is -2.49. The van der Waals surface area contributed by atoms with E-state index >= 15 is 0 Å². The van der Waals surface area contributed by atoms with Crippen LogP contribution in [0.15, 0.2) is 48.5 Å². The highest BCUT2D eigenvalue weighted by molar-refractivity contribution is 5.78. The third-order valence-electron chi connectivity index (χ3n) is 6.57. The van der Waals surface area contributed by atoms with E-state index in [0.29, 0.717) is 17.4 Å². The van der Waals surface area contributed by atoms with Crippen molar-refractivity contribution in [2.24, 2.45) is 5.41 Å². The summed E-state index contributed by atoms with van der Waals surface area (Å²) in [5.74, 6) is 2.16. The van der Waals surface area contributed by atoms with Gasteiger partial charge in [0.2, 0.25) is 0 Å². The molecule has 1 unspecified atom stereocenters. The number of hydrogen-bond acceptors (Lipinski definition) is 4. The molecule has 1 aliphatic rings. The lowest BCUT2D eigenvalue weighted by molar-refractivity contribution is -0.144. The number of hydrogen-bond donors (Lipinski definition) is 1. The standard InChI is InChI=1S/C18H26O3.C10H14O/c1-5-17(2,3)16(19)20-14-8-10-15(11-9-14)21-18(4)12-6-7-13-18;1-3-8(2)9-4-6-10(11)7-5-9/h8-11H,5-7,12-13H2,1-4H3;4-8,11H,3H2,1-2H3. The zero-order valence-corrected chi connectivity index (χ0v) is 20.6. The molecule has 1 fully saturated rings. The van der Waals surface area contributed by atoms with Crippen molar-refractivity contribution in [3.05, 3.63) is 54.1 Å². The molecule has 0 aromatic heterocycles. The molecular weight excluding hydrogens is 400 g/mol. The molecule has 3 rings (SSSR count). The van der Waals surface area contributed by atoms with Crippen molar-refractivity contribution in [2.75, 3.05) is 0 Å². The molecule has 0 bridgehead atoms. The fourth-order valence-corrected chi connectivity index (χ4v) is 3.51. The predicted molar refractivity (Wildman–Crippen MR) is 130 cm³/mol. The topological polar surface area (TPSA) is 55.8 Å². The van der Waals surface area contributed by atoms with Crippen LogP contribution in [0.25, 0.3) is 0 Å². The molecule has 0 saturated heterocycles. The van der Waals surface area contributed by atoms with Crippen LogP contribution in [0.4, 0.5) is 0 Å². The van der Waals surface area contributed by atoms with E-state index in [1.807, 2.05) is 45.0 Å². The molecule has 32 heavy (non-hydrogen) atoms. The van der Waals surface area contributed by atoms with Crippen LogP contribution >= 0.6 is 0 Å². The number of carbonyl (C=O) groups is 1. The molecule has 0 radical (unpaired) electrons. The van der Waals surface area contributed by atoms with Gasteiger partial charge in [0.1, 0.15) is 22.8 Å². The minimum Gasteiger partial charge on any atom is -0.508 e. The quantitative estimate of drug-likeness (QED) is 0.355. The normalized spacial score (nSPS) is 15.9. The summed E-state index contributed by atoms with van der Waals surface area (Å²) in [7, 11) is 0. The third-order valence-corrected chi connectivity index (χ3v) is 6.57. The van der Waals surface area contributed by atoms with Crippen molar-refractivity contribution in [1.82, 2.24) is 0 Å². The van der Waals surface area contributed by atoms with Crippen molar-refractivity contribution >= 4 is 5.97 Å². The summed E-state index contributed by atoms with van der Waals surface area (Å²) in [5.41, 5.74) is 0.805. The van der Waals surface area contributed by atoms with Crippen LogP contribution < -0.4 is 9.47 Å². The molecule has 1 N–H and O–H groups in total. The zero-order valence-electron chi connectivity index (χ0n) is 20.6. The second-order valence-corrected chi connectivity index (χ2v) is 9.76. The Labute approximate surface area is 194 Å². The molecule has 0 aliphatic heterocycles. The molecule has 0 heterocycles. The number of ether oxygens (including phenoxy) is 2. The Morgan fingerprint density at radius 2 is 1.53 bits per heavy atom. The molecular formula is C28H40O4. The zero-order chi connectivity index (χ0) is 23.8. The Morgan fingerprint density at radius 1 is 1.00 bits per heavy atom. The van der Waals surface area contributed by atoms with Crippen LogP contribution in [-0.4, -0.2) is 16.7 Å². The maximum absolute atomic E-state index is 12.0. The van der Waals surface area contributed by atoms with Gasteiger partial charge in [0.15, 0.2) is 0 Å². The van der Waals surface area contributed by atoms with Gasteiger partial charge in [0.25, 0.3) is 0 Å². The highest BCUT2D eigenvalue weighted by Crippen LogP contribution is 2.34. The minimum absolute atomic E-state index is 0.0393. The smallest absolute Gasteiger partial charge is 0.316 e. The van der Waals surface area contributed by atoms with Gasteiger partial charge in [0.05, 0.1) is 5.41 Å². The van der Waals surface area contributed by atoms with Crippen molar-refractivity contribution < 1.29 is 19.4 Å². The number of phenolic OH excluding ortho intramolecular Hbond substituents is 1. The van der Waals surface area contributed by atoms with Crippen LogP contribution in [0.1, 0.15) is 91.5 Å². The Balaban J connectivity index is 0.000000278. The molecule has 1 atom stereocenters. The van der Waals surface area contributed by atoms with Gasteiger partial charge in [-0.3, -0.25) is 4.79 Å². The first kappa shape index (κ1) is 25.8. The number of rotatable bonds is 7. The van der Waals surface area contributed by atoms with E-state index in [9.17, 15) is 4.79 Å². The summed E-state index contributed by atoms with van der Waals surface area (Å²) in [6.07, 6.45) is 6.58. The van der Waals surface area contributed by atoms with E-state index in [1.165, 1.54) is 18.4 Å². The van der Waals surface area contributed by atoms with Crippen molar-refractivity contribution in [3.8, 4) is 17.2 Å². The summed E-state index contributed by atoms with van der Waals surface area (Å²) in [6.45, 7) is 12.3. The fraction of sp³-hybridized carbons (Fsp3) is 0.536. The van der Waals surface area contributed by atoms with Gasteiger partial charge in [-0.15, -0.1) is 0 Å². The molecule has 4 nitrogen and oxygen atoms in total. The number of aromatic hydroxyl groups is 1. The van der Waals surface area contributed by atoms with Gasteiger partial charge in [-0.1, -0.05) is 32.9 Å². The number of esters is 1. The Morgan fingerprint density at radius 3 is 2.03 bits per heavy atom. The highest BCUT2D eigenvalue weighted by Gasteiger charge is 2.31. The van der Waals surface area contributed by atoms with E-state index in [4.69, 9.17) is 14.6 Å². The first-order valence-corrected chi connectivity index (χ1v) is 11.9. The van der Waals surface area contributed by atoms with Crippen molar-refractivity contribution in [2.45, 2.75) is 91.6 Å². The van der Waals surface area contributed by atoms with Crippen LogP contribution in [0.2, 0.25) is 0 Å². The van der Waals surface area contributed by atoms with Gasteiger partial charge in [-0.2, -0.15) is 0 Å². The molecule has 176 valence electrons. The Bertz CT molecular complexity index is 831. The predicted octanol–water partition coefficient (Wildman–Crippen LogP) is 7.65. The second-order valence-electron chi connectivity index (χ2n) is 9.76. The van der Waals surface area contributed by atoms with Crippen LogP contribution in [0.5, 0.6) is 17.2 Å². The maximum Gasteiger partial charge on any atom is 0.316 e. The maximum atomic E-state index is 12.0. The fourth-order valence-electron chi connectivity index (χ4n) is 3.51. The second kappa shape index (κ2) is 11.4. The molecule has 1 saturated carbocycles. The van der Waals surface area contributed by atoms with Crippen molar-refractivity contribution in [1.29, 1.82) is 0 Å². The van der Waals surface area contributed by atoms with E-state index in [2.05, 4.69) is 20.8 Å². The first-order valence-electron chi connectivity index (χ1n) is 11.9. The van der Waals surface area contributed by atoms with Gasteiger partial charge in [-0.25, -0.2) is 0 Å². The summed E-state index contributed by atoms with van der Waals surface area (Å²) >= 11 is 0. The van der Waals surface area contributed by atoms with E-state index in [-0.39, 0.29) is 11.6 Å². The average Bonchev–Trinajstić information content (AvgIpc) is 3.21. The van der Waals surface area contributed by atoms with Crippen LogP contribution in [-0.2, 0) is 4.79 Å². The van der Waals surface area contributed by atoms with E-state index in [0.717, 1.165) is 31.4 Å². The molecule has 2 aromatic carbocycles. The summed E-state index contributed by atoms with van der Waals surface area (Å²) in [6, 6.07) is 14.8. The monoisotopic (exact) mass is 440 g/mol. The SMILES string of the molecule is CCC(C)(C)C(=O)Oc1ccc(OC2(C)CCCC2)cc1.CCC(C)c1ccc(O)cc1. The highest BCUT2D eigenvalue weighted by atomic mass is 16.5. The summed E-state index contributed by atoms with van der Waals surface area (Å²) in [4.78, 5) is 12.0. The van der Waals surface area contributed by atoms with Gasteiger partial charge in [-0.05, 0) is 107 Å². The Kier molecular flexibility index (Phi) is 9.18. The van der Waals surface area contributed by atoms with Crippen LogP contribution in [0, 0.1) is 5.41 Å². The van der Waals surface area contributed by atoms with Gasteiger partial charge in [0, 0.05) is 0 Å². The molecule has 1 aliphatic carbocycles. The largest absolute Gasteiger partial charge is 0.508 e. The molecule has 2 aromatic rings. The van der Waals surface area contributed by atoms with Crippen LogP contribution in [0.3, 0.4) is 0 Å². The molecule has 0 spiro atoms. The number of benzene rings is 2. The third kappa shape index (κ3) is 7.58. The number of phenols is 1. The van der Waals surface area contributed by atoms with E-state index in [1.54, 1.807) is 24.3 Å². The summed E-state index contributed by atoms with van der Waals surface area (Å²) in [5, 5.41) is 9.01. The lowest BCUT2D eigenvalue weighted by Gasteiger charge is -2.25. The lowest BCUT2D eigenvalue weighted by Crippen LogP contribution is -2.28. The molecule has 4 heteroatoms.